The molecule has 0 spiro atoms. The first-order valence-electron chi connectivity index (χ1n) is 8.06. The van der Waals surface area contributed by atoms with E-state index in [1.807, 2.05) is 30.3 Å². The Balaban J connectivity index is 1.57. The smallest absolute Gasteiger partial charge is 0.237 e. The van der Waals surface area contributed by atoms with Gasteiger partial charge in [0, 0.05) is 25.0 Å². The van der Waals surface area contributed by atoms with Crippen molar-refractivity contribution in [2.45, 2.75) is 26.0 Å². The molecule has 2 atom stereocenters. The molecule has 1 amide bonds. The van der Waals surface area contributed by atoms with E-state index in [0.717, 1.165) is 12.4 Å². The highest BCUT2D eigenvalue weighted by Crippen LogP contribution is 2.24. The second-order valence-corrected chi connectivity index (χ2v) is 7.05. The van der Waals surface area contributed by atoms with Crippen molar-refractivity contribution in [3.8, 4) is 0 Å². The fraction of sp³-hybridized carbons (Fsp3) is 0.562. The molecule has 0 bridgehead atoms. The Kier molecular flexibility index (Phi) is 5.27. The van der Waals surface area contributed by atoms with E-state index >= 15 is 0 Å². The third kappa shape index (κ3) is 3.82. The van der Waals surface area contributed by atoms with Crippen molar-refractivity contribution in [3.05, 3.63) is 34.0 Å². The van der Waals surface area contributed by atoms with Crippen LogP contribution in [0, 0.1) is 6.92 Å². The number of hydrogen-bond acceptors (Lipinski definition) is 6. The number of thiophene rings is 1. The third-order valence-electron chi connectivity index (χ3n) is 4.34. The summed E-state index contributed by atoms with van der Waals surface area (Å²) in [5, 5.41) is 9.04. The average Bonchev–Trinajstić information content (AvgIpc) is 3.25. The van der Waals surface area contributed by atoms with Crippen LogP contribution in [0.2, 0.25) is 0 Å². The number of rotatable bonds is 5. The molecule has 1 aliphatic rings. The molecule has 0 aliphatic carbocycles. The number of ether oxygens (including phenoxy) is 1. The maximum atomic E-state index is 12.6. The van der Waals surface area contributed by atoms with E-state index in [1.165, 1.54) is 4.88 Å². The zero-order valence-corrected chi connectivity index (χ0v) is 15.0. The largest absolute Gasteiger partial charge is 0.367 e. The molecule has 1 aliphatic heterocycles. The Morgan fingerprint density at radius 1 is 1.62 bits per heavy atom. The quantitative estimate of drug-likeness (QED) is 0.890. The van der Waals surface area contributed by atoms with Gasteiger partial charge < -0.3 is 9.64 Å². The summed E-state index contributed by atoms with van der Waals surface area (Å²) in [6, 6.07) is 4.17. The van der Waals surface area contributed by atoms with Crippen molar-refractivity contribution in [1.29, 1.82) is 0 Å². The molecule has 0 aromatic carbocycles. The van der Waals surface area contributed by atoms with Gasteiger partial charge in [-0.25, -0.2) is 4.98 Å². The number of aromatic amines is 1. The lowest BCUT2D eigenvalue weighted by molar-refractivity contribution is -0.135. The minimum absolute atomic E-state index is 0.0880. The maximum absolute atomic E-state index is 12.6. The number of aryl methyl sites for hydroxylation is 1. The van der Waals surface area contributed by atoms with Crippen molar-refractivity contribution < 1.29 is 9.53 Å². The maximum Gasteiger partial charge on any atom is 0.237 e. The molecule has 24 heavy (non-hydrogen) atoms. The van der Waals surface area contributed by atoms with Gasteiger partial charge in [-0.3, -0.25) is 14.8 Å². The summed E-state index contributed by atoms with van der Waals surface area (Å²) in [5.41, 5.74) is 0. The third-order valence-corrected chi connectivity index (χ3v) is 5.38. The van der Waals surface area contributed by atoms with Crippen LogP contribution >= 0.6 is 11.3 Å². The van der Waals surface area contributed by atoms with Crippen molar-refractivity contribution >= 4 is 17.2 Å². The predicted octanol–water partition coefficient (Wildman–Crippen LogP) is 1.77. The Morgan fingerprint density at radius 2 is 2.46 bits per heavy atom. The molecule has 3 heterocycles. The van der Waals surface area contributed by atoms with Gasteiger partial charge in [-0.1, -0.05) is 6.07 Å². The highest BCUT2D eigenvalue weighted by molar-refractivity contribution is 7.10. The van der Waals surface area contributed by atoms with E-state index in [4.69, 9.17) is 4.74 Å². The number of nitrogens with one attached hydrogen (secondary N) is 1. The van der Waals surface area contributed by atoms with E-state index in [2.05, 4.69) is 33.1 Å². The van der Waals surface area contributed by atoms with Crippen molar-refractivity contribution in [2.24, 2.45) is 0 Å². The average molecular weight is 349 g/mol. The zero-order valence-electron chi connectivity index (χ0n) is 14.2. The van der Waals surface area contributed by atoms with Gasteiger partial charge in [0.2, 0.25) is 5.91 Å². The molecule has 1 fully saturated rings. The summed E-state index contributed by atoms with van der Waals surface area (Å²) in [6.07, 6.45) is -0.184. The first-order valence-corrected chi connectivity index (χ1v) is 8.94. The van der Waals surface area contributed by atoms with E-state index < -0.39 is 0 Å². The molecule has 0 radical (unpaired) electrons. The van der Waals surface area contributed by atoms with E-state index in [1.54, 1.807) is 11.3 Å². The second kappa shape index (κ2) is 7.42. The Labute approximate surface area is 145 Å². The minimum Gasteiger partial charge on any atom is -0.367 e. The molecule has 8 heteroatoms. The summed E-state index contributed by atoms with van der Waals surface area (Å²) in [7, 11) is 1.86. The van der Waals surface area contributed by atoms with Crippen LogP contribution in [0.5, 0.6) is 0 Å². The van der Waals surface area contributed by atoms with Crippen LogP contribution in [-0.2, 0) is 9.53 Å². The fourth-order valence-corrected chi connectivity index (χ4v) is 3.57. The normalized spacial score (nSPS) is 20.0. The van der Waals surface area contributed by atoms with E-state index in [0.29, 0.717) is 25.5 Å². The van der Waals surface area contributed by atoms with Gasteiger partial charge >= 0.3 is 0 Å². The molecule has 7 nitrogen and oxygen atoms in total. The Bertz CT molecular complexity index is 672. The number of carbonyl (C=O) groups is 1. The van der Waals surface area contributed by atoms with Crippen molar-refractivity contribution in [2.75, 3.05) is 33.3 Å². The number of amides is 1. The van der Waals surface area contributed by atoms with Gasteiger partial charge in [-0.15, -0.1) is 11.3 Å². The summed E-state index contributed by atoms with van der Waals surface area (Å²) < 4.78 is 5.75. The van der Waals surface area contributed by atoms with Gasteiger partial charge in [-0.05, 0) is 25.3 Å². The molecule has 1 N–H and O–H groups in total. The number of hydrogen-bond donors (Lipinski definition) is 1. The molecule has 3 rings (SSSR count). The summed E-state index contributed by atoms with van der Waals surface area (Å²) in [5.74, 6) is 1.54. The van der Waals surface area contributed by atoms with E-state index in [-0.39, 0.29) is 18.1 Å². The van der Waals surface area contributed by atoms with Crippen LogP contribution in [0.4, 0.5) is 0 Å². The first kappa shape index (κ1) is 17.1. The molecule has 2 aromatic heterocycles. The Morgan fingerprint density at radius 3 is 3.12 bits per heavy atom. The molecule has 0 saturated carbocycles. The lowest BCUT2D eigenvalue weighted by Gasteiger charge is -2.33. The highest BCUT2D eigenvalue weighted by Gasteiger charge is 2.28. The lowest BCUT2D eigenvalue weighted by atomic mass is 10.2. The number of H-pyrrole nitrogens is 1. The minimum atomic E-state index is -0.184. The van der Waals surface area contributed by atoms with Crippen LogP contribution in [0.3, 0.4) is 0 Å². The second-order valence-electron chi connectivity index (χ2n) is 6.07. The lowest BCUT2D eigenvalue weighted by Crippen LogP contribution is -2.45. The summed E-state index contributed by atoms with van der Waals surface area (Å²) >= 11 is 1.68. The van der Waals surface area contributed by atoms with Gasteiger partial charge in [0.1, 0.15) is 11.9 Å². The summed E-state index contributed by atoms with van der Waals surface area (Å²) in [4.78, 5) is 22.1. The molecular weight excluding hydrogens is 326 g/mol. The van der Waals surface area contributed by atoms with Crippen LogP contribution in [0.25, 0.3) is 0 Å². The fourth-order valence-electron chi connectivity index (χ4n) is 2.75. The van der Waals surface area contributed by atoms with Crippen molar-refractivity contribution in [3.63, 3.8) is 0 Å². The number of nitrogens with zero attached hydrogens (tertiary/aromatic N) is 4. The number of likely N-dealkylation sites (N-methyl/N-ethyl adjacent to an activating group) is 1. The molecule has 1 saturated heterocycles. The number of carbonyl (C=O) groups excluding carboxylic acids is 1. The number of aromatic nitrogens is 3. The van der Waals surface area contributed by atoms with Gasteiger partial charge in [0.15, 0.2) is 5.82 Å². The first-order chi connectivity index (χ1) is 11.5. The van der Waals surface area contributed by atoms with Crippen LogP contribution in [0.1, 0.15) is 35.6 Å². The summed E-state index contributed by atoms with van der Waals surface area (Å²) in [6.45, 7) is 6.26. The highest BCUT2D eigenvalue weighted by atomic mass is 32.1. The molecule has 130 valence electrons. The van der Waals surface area contributed by atoms with Gasteiger partial charge in [0.25, 0.3) is 0 Å². The topological polar surface area (TPSA) is 74.3 Å². The molecule has 2 aromatic rings. The standard InChI is InChI=1S/C16H23N5O2S/c1-11(14-5-4-8-24-14)20(3)15(22)10-21-6-7-23-13(9-21)16-17-12(2)18-19-16/h4-5,8,11,13H,6-7,9-10H2,1-3H3,(H,17,18,19)/t11-,13+/m0/s1. The van der Waals surface area contributed by atoms with Crippen LogP contribution in [0.15, 0.2) is 17.5 Å². The van der Waals surface area contributed by atoms with Gasteiger partial charge in [-0.2, -0.15) is 5.10 Å². The van der Waals surface area contributed by atoms with Crippen molar-refractivity contribution in [1.82, 2.24) is 25.0 Å². The Hall–Kier alpha value is -1.77. The van der Waals surface area contributed by atoms with Crippen LogP contribution < -0.4 is 0 Å². The van der Waals surface area contributed by atoms with Gasteiger partial charge in [0.05, 0.1) is 19.2 Å². The monoisotopic (exact) mass is 349 g/mol. The number of morpholine rings is 1. The predicted molar refractivity (Wildman–Crippen MR) is 91.8 cm³/mol. The zero-order chi connectivity index (χ0) is 17.1. The van der Waals surface area contributed by atoms with E-state index in [9.17, 15) is 4.79 Å². The molecule has 0 unspecified atom stereocenters. The SMILES string of the molecule is Cc1nc([C@H]2CN(CC(=O)N(C)[C@@H](C)c3cccs3)CCO2)n[nH]1. The molecular formula is C16H23N5O2S. The van der Waals surface area contributed by atoms with Crippen LogP contribution in [-0.4, -0.2) is 64.2 Å².